The second-order valence-electron chi connectivity index (χ2n) is 9.87. The number of rotatable bonds is 23. The van der Waals surface area contributed by atoms with Gasteiger partial charge < -0.3 is 14.6 Å². The number of aromatic carboxylic acids is 1. The van der Waals surface area contributed by atoms with Crippen LogP contribution in [0.25, 0.3) is 0 Å². The third-order valence-electron chi connectivity index (χ3n) is 6.59. The smallest absolute Gasteiger partial charge is 0.335 e. The fourth-order valence-electron chi connectivity index (χ4n) is 4.42. The maximum atomic E-state index is 11.3. The maximum absolute atomic E-state index is 11.3. The van der Waals surface area contributed by atoms with Crippen LogP contribution in [0.15, 0.2) is 24.3 Å². The Hall–Kier alpha value is -1.55. The lowest BCUT2D eigenvalue weighted by molar-refractivity contribution is 0.00513. The summed E-state index contributed by atoms with van der Waals surface area (Å²) in [6.45, 7) is 8.06. The highest BCUT2D eigenvalue weighted by atomic mass is 16.5. The molecule has 0 aromatic heterocycles. The Kier molecular flexibility index (Phi) is 18.6. The van der Waals surface area contributed by atoms with Crippen molar-refractivity contribution in [2.45, 2.75) is 130 Å². The Morgan fingerprint density at radius 2 is 1.38 bits per heavy atom. The largest absolute Gasteiger partial charge is 0.493 e. The summed E-state index contributed by atoms with van der Waals surface area (Å²) in [5.41, 5.74) is 0.267. The third-order valence-corrected chi connectivity index (χ3v) is 6.59. The highest BCUT2D eigenvalue weighted by molar-refractivity contribution is 5.87. The van der Waals surface area contributed by atoms with E-state index < -0.39 is 5.97 Å². The van der Waals surface area contributed by atoms with E-state index in [2.05, 4.69) is 20.8 Å². The number of hydrogen-bond acceptors (Lipinski definition) is 3. The van der Waals surface area contributed by atoms with Crippen molar-refractivity contribution in [1.29, 1.82) is 0 Å². The van der Waals surface area contributed by atoms with Gasteiger partial charge in [0.05, 0.1) is 24.9 Å². The molecule has 0 aliphatic rings. The van der Waals surface area contributed by atoms with Gasteiger partial charge in [0.1, 0.15) is 5.75 Å². The van der Waals surface area contributed by atoms with Gasteiger partial charge in [0.25, 0.3) is 0 Å². The molecule has 34 heavy (non-hydrogen) atoms. The second-order valence-corrected chi connectivity index (χ2v) is 9.87. The monoisotopic (exact) mass is 476 g/mol. The number of hydrogen-bond donors (Lipinski definition) is 1. The molecule has 0 bridgehead atoms. The number of carboxylic acid groups (broad SMARTS) is 1. The van der Waals surface area contributed by atoms with Gasteiger partial charge in [0, 0.05) is 5.92 Å². The molecule has 0 heterocycles. The van der Waals surface area contributed by atoms with Crippen LogP contribution in [0.3, 0.4) is 0 Å². The maximum Gasteiger partial charge on any atom is 0.335 e. The van der Waals surface area contributed by atoms with Crippen molar-refractivity contribution >= 4 is 5.97 Å². The van der Waals surface area contributed by atoms with Crippen molar-refractivity contribution in [3.63, 3.8) is 0 Å². The first-order valence-corrected chi connectivity index (χ1v) is 14.2. The molecular formula is C30H52O4. The first-order valence-electron chi connectivity index (χ1n) is 14.2. The second kappa shape index (κ2) is 20.8. The summed E-state index contributed by atoms with van der Waals surface area (Å²) in [5, 5.41) is 9.25. The van der Waals surface area contributed by atoms with Gasteiger partial charge in [-0.05, 0) is 37.5 Å². The van der Waals surface area contributed by atoms with Crippen LogP contribution in [-0.4, -0.2) is 30.4 Å². The number of ether oxygens (including phenoxy) is 2. The van der Waals surface area contributed by atoms with Crippen molar-refractivity contribution in [1.82, 2.24) is 0 Å². The molecule has 2 unspecified atom stereocenters. The Labute approximate surface area is 209 Å². The van der Waals surface area contributed by atoms with Crippen LogP contribution in [0, 0.1) is 5.92 Å². The summed E-state index contributed by atoms with van der Waals surface area (Å²) < 4.78 is 12.5. The number of benzene rings is 1. The Morgan fingerprint density at radius 3 is 2.00 bits per heavy atom. The van der Waals surface area contributed by atoms with E-state index in [0.717, 1.165) is 32.3 Å². The lowest BCUT2D eigenvalue weighted by atomic mass is 10.0. The number of carboxylic acids is 1. The molecule has 0 saturated carbocycles. The van der Waals surface area contributed by atoms with E-state index in [0.29, 0.717) is 24.4 Å². The lowest BCUT2D eigenvalue weighted by Gasteiger charge is -2.23. The molecule has 196 valence electrons. The van der Waals surface area contributed by atoms with Gasteiger partial charge in [0.2, 0.25) is 0 Å². The SMILES string of the molecule is CCCCCCCCCC(COc1cccc(C(=O)O)c1)COC(CCC)CCCCCCC. The minimum absolute atomic E-state index is 0.267. The topological polar surface area (TPSA) is 55.8 Å². The van der Waals surface area contributed by atoms with E-state index in [9.17, 15) is 9.90 Å². The molecule has 0 aliphatic carbocycles. The first kappa shape index (κ1) is 30.5. The highest BCUT2D eigenvalue weighted by Crippen LogP contribution is 2.20. The summed E-state index contributed by atoms with van der Waals surface area (Å²) in [5.74, 6) is 0.0452. The first-order chi connectivity index (χ1) is 16.6. The molecule has 0 aliphatic heterocycles. The van der Waals surface area contributed by atoms with Crippen molar-refractivity contribution < 1.29 is 19.4 Å². The summed E-state index contributed by atoms with van der Waals surface area (Å²) in [6.07, 6.45) is 20.5. The van der Waals surface area contributed by atoms with E-state index in [4.69, 9.17) is 9.47 Å². The Morgan fingerprint density at radius 1 is 0.765 bits per heavy atom. The predicted molar refractivity (Wildman–Crippen MR) is 143 cm³/mol. The quantitative estimate of drug-likeness (QED) is 0.160. The van der Waals surface area contributed by atoms with Crippen LogP contribution < -0.4 is 4.74 Å². The fraction of sp³-hybridized carbons (Fsp3) is 0.767. The Bertz CT molecular complexity index is 616. The van der Waals surface area contributed by atoms with Gasteiger partial charge in [-0.2, -0.15) is 0 Å². The predicted octanol–water partition coefficient (Wildman–Crippen LogP) is 9.07. The van der Waals surface area contributed by atoms with E-state index in [1.165, 1.54) is 77.0 Å². The normalized spacial score (nSPS) is 13.0. The molecule has 0 spiro atoms. The molecule has 1 N–H and O–H groups in total. The Balaban J connectivity index is 2.55. The van der Waals surface area contributed by atoms with Crippen LogP contribution in [0.4, 0.5) is 0 Å². The van der Waals surface area contributed by atoms with Crippen molar-refractivity contribution in [2.75, 3.05) is 13.2 Å². The molecule has 2 atom stereocenters. The van der Waals surface area contributed by atoms with Gasteiger partial charge in [-0.3, -0.25) is 0 Å². The lowest BCUT2D eigenvalue weighted by Crippen LogP contribution is -2.23. The van der Waals surface area contributed by atoms with E-state index in [-0.39, 0.29) is 5.56 Å². The summed E-state index contributed by atoms with van der Waals surface area (Å²) in [7, 11) is 0. The average Bonchev–Trinajstić information content (AvgIpc) is 2.84. The van der Waals surface area contributed by atoms with Crippen LogP contribution in [-0.2, 0) is 4.74 Å². The van der Waals surface area contributed by atoms with Gasteiger partial charge in [-0.25, -0.2) is 4.79 Å². The molecule has 0 fully saturated rings. The fourth-order valence-corrected chi connectivity index (χ4v) is 4.42. The zero-order valence-corrected chi connectivity index (χ0v) is 22.4. The molecule has 0 radical (unpaired) electrons. The van der Waals surface area contributed by atoms with E-state index in [1.807, 2.05) is 6.07 Å². The van der Waals surface area contributed by atoms with Crippen molar-refractivity contribution in [2.24, 2.45) is 5.92 Å². The van der Waals surface area contributed by atoms with E-state index in [1.54, 1.807) is 18.2 Å². The molecule has 4 heteroatoms. The van der Waals surface area contributed by atoms with Crippen LogP contribution in [0.2, 0.25) is 0 Å². The summed E-state index contributed by atoms with van der Waals surface area (Å²) in [4.78, 5) is 11.3. The third kappa shape index (κ3) is 15.4. The van der Waals surface area contributed by atoms with Crippen LogP contribution in [0.5, 0.6) is 5.75 Å². The number of unbranched alkanes of at least 4 members (excludes halogenated alkanes) is 10. The van der Waals surface area contributed by atoms with Crippen LogP contribution in [0.1, 0.15) is 134 Å². The molecule has 1 aromatic rings. The van der Waals surface area contributed by atoms with Gasteiger partial charge >= 0.3 is 5.97 Å². The minimum Gasteiger partial charge on any atom is -0.493 e. The summed E-state index contributed by atoms with van der Waals surface area (Å²) >= 11 is 0. The van der Waals surface area contributed by atoms with Crippen LogP contribution >= 0.6 is 0 Å². The molecule has 0 saturated heterocycles. The zero-order valence-electron chi connectivity index (χ0n) is 22.4. The van der Waals surface area contributed by atoms with Gasteiger partial charge in [-0.1, -0.05) is 110 Å². The van der Waals surface area contributed by atoms with Gasteiger partial charge in [-0.15, -0.1) is 0 Å². The standard InChI is InChI=1S/C30H52O4/c1-4-7-9-11-12-14-15-19-26(25-34-29-22-17-20-27(23-29)30(31)32)24-33-28(18-6-3)21-16-13-10-8-5-2/h17,20,22-23,26,28H,4-16,18-19,21,24-25H2,1-3H3,(H,31,32). The molecular weight excluding hydrogens is 424 g/mol. The van der Waals surface area contributed by atoms with Crippen molar-refractivity contribution in [3.8, 4) is 5.75 Å². The molecule has 0 amide bonds. The molecule has 1 rings (SSSR count). The molecule has 1 aromatic carbocycles. The van der Waals surface area contributed by atoms with Gasteiger partial charge in [0.15, 0.2) is 0 Å². The number of carbonyl (C=O) groups is 1. The molecule has 4 nitrogen and oxygen atoms in total. The highest BCUT2D eigenvalue weighted by Gasteiger charge is 2.15. The van der Waals surface area contributed by atoms with Crippen molar-refractivity contribution in [3.05, 3.63) is 29.8 Å². The zero-order chi connectivity index (χ0) is 24.9. The average molecular weight is 477 g/mol. The summed E-state index contributed by atoms with van der Waals surface area (Å²) in [6, 6.07) is 6.80. The minimum atomic E-state index is -0.922. The van der Waals surface area contributed by atoms with E-state index >= 15 is 0 Å².